The van der Waals surface area contributed by atoms with Crippen LogP contribution in [-0.2, 0) is 22.3 Å². The maximum absolute atomic E-state index is 12.4. The monoisotopic (exact) mass is 325 g/mol. The molecule has 0 aliphatic heterocycles. The maximum atomic E-state index is 12.4. The van der Waals surface area contributed by atoms with E-state index in [9.17, 15) is 4.21 Å². The Morgan fingerprint density at radius 2 is 1.70 bits per heavy atom. The summed E-state index contributed by atoms with van der Waals surface area (Å²) in [6, 6.07) is 16.0. The molecule has 0 radical (unpaired) electrons. The van der Waals surface area contributed by atoms with Crippen LogP contribution in [0.4, 0.5) is 0 Å². The second-order valence-electron chi connectivity index (χ2n) is 5.73. The van der Waals surface area contributed by atoms with Gasteiger partial charge in [-0.3, -0.25) is 4.21 Å². The quantitative estimate of drug-likeness (QED) is 0.698. The van der Waals surface area contributed by atoms with Gasteiger partial charge in [0.25, 0.3) is 0 Å². The summed E-state index contributed by atoms with van der Waals surface area (Å²) in [7, 11) is -1.00. The zero-order valence-corrected chi connectivity index (χ0v) is 14.1. The number of hydrogen-bond donors (Lipinski definition) is 0. The lowest BCUT2D eigenvalue weighted by Gasteiger charge is -2.04. The molecule has 1 unspecified atom stereocenters. The van der Waals surface area contributed by atoms with Crippen LogP contribution < -0.4 is 0 Å². The van der Waals surface area contributed by atoms with Crippen molar-refractivity contribution in [3.8, 4) is 11.5 Å². The Kier molecular flexibility index (Phi) is 4.72. The first-order valence-corrected chi connectivity index (χ1v) is 9.01. The molecule has 1 heterocycles. The van der Waals surface area contributed by atoms with Gasteiger partial charge < -0.3 is 4.42 Å². The standard InChI is InChI=1S/C19H19NO2S/c1-14-8-15(2)10-16(9-14)12-23(21)13-18-11-22-19(20-18)17-6-4-3-5-7-17/h3-11H,12-13H2,1-2H3. The molecule has 0 saturated carbocycles. The molecule has 0 bridgehead atoms. The van der Waals surface area contributed by atoms with Crippen LogP contribution in [0.2, 0.25) is 0 Å². The Bertz CT molecular complexity index is 804. The van der Waals surface area contributed by atoms with Crippen LogP contribution in [-0.4, -0.2) is 9.19 Å². The van der Waals surface area contributed by atoms with E-state index in [0.29, 0.717) is 17.4 Å². The first-order chi connectivity index (χ1) is 11.1. The predicted molar refractivity (Wildman–Crippen MR) is 93.4 cm³/mol. The molecule has 2 aromatic carbocycles. The van der Waals surface area contributed by atoms with Crippen molar-refractivity contribution >= 4 is 10.8 Å². The molecule has 0 spiro atoms. The minimum absolute atomic E-state index is 0.406. The molecule has 0 fully saturated rings. The van der Waals surface area contributed by atoms with Crippen molar-refractivity contribution in [1.29, 1.82) is 0 Å². The van der Waals surface area contributed by atoms with Gasteiger partial charge in [-0.2, -0.15) is 0 Å². The number of aryl methyl sites for hydroxylation is 2. The van der Waals surface area contributed by atoms with Crippen molar-refractivity contribution < 1.29 is 8.63 Å². The summed E-state index contributed by atoms with van der Waals surface area (Å²) >= 11 is 0. The van der Waals surface area contributed by atoms with Crippen LogP contribution in [0.3, 0.4) is 0 Å². The van der Waals surface area contributed by atoms with Gasteiger partial charge in [-0.15, -0.1) is 0 Å². The van der Waals surface area contributed by atoms with E-state index in [-0.39, 0.29) is 0 Å². The van der Waals surface area contributed by atoms with Gasteiger partial charge in [-0.1, -0.05) is 47.5 Å². The minimum Gasteiger partial charge on any atom is -0.444 e. The van der Waals surface area contributed by atoms with E-state index in [4.69, 9.17) is 4.42 Å². The summed E-state index contributed by atoms with van der Waals surface area (Å²) in [5.41, 5.74) is 5.16. The summed E-state index contributed by atoms with van der Waals surface area (Å²) in [5.74, 6) is 1.52. The van der Waals surface area contributed by atoms with E-state index >= 15 is 0 Å². The SMILES string of the molecule is Cc1cc(C)cc(CS(=O)Cc2coc(-c3ccccc3)n2)c1. The maximum Gasteiger partial charge on any atom is 0.226 e. The topological polar surface area (TPSA) is 43.1 Å². The molecule has 3 aromatic rings. The molecule has 1 aromatic heterocycles. The Hall–Kier alpha value is -2.20. The molecule has 1 atom stereocenters. The van der Waals surface area contributed by atoms with Crippen LogP contribution in [0, 0.1) is 13.8 Å². The van der Waals surface area contributed by atoms with E-state index in [1.807, 2.05) is 30.3 Å². The summed E-state index contributed by atoms with van der Waals surface area (Å²) in [6.07, 6.45) is 1.60. The lowest BCUT2D eigenvalue weighted by Crippen LogP contribution is -2.00. The summed E-state index contributed by atoms with van der Waals surface area (Å²) in [5, 5.41) is 0. The minimum atomic E-state index is -1.00. The van der Waals surface area contributed by atoms with Crippen LogP contribution in [0.15, 0.2) is 59.2 Å². The van der Waals surface area contributed by atoms with Crippen LogP contribution >= 0.6 is 0 Å². The summed E-state index contributed by atoms with van der Waals surface area (Å²) in [6.45, 7) is 4.12. The highest BCUT2D eigenvalue weighted by Gasteiger charge is 2.10. The predicted octanol–water partition coefficient (Wildman–Crippen LogP) is 4.41. The van der Waals surface area contributed by atoms with Gasteiger partial charge >= 0.3 is 0 Å². The molecule has 0 aliphatic carbocycles. The normalized spacial score (nSPS) is 12.3. The van der Waals surface area contributed by atoms with E-state index < -0.39 is 10.8 Å². The molecule has 3 nitrogen and oxygen atoms in total. The highest BCUT2D eigenvalue weighted by Crippen LogP contribution is 2.19. The molecule has 3 rings (SSSR count). The van der Waals surface area contributed by atoms with Crippen molar-refractivity contribution in [2.75, 3.05) is 0 Å². The fourth-order valence-electron chi connectivity index (χ4n) is 2.64. The molecule has 118 valence electrons. The van der Waals surface area contributed by atoms with Gasteiger partial charge in [0.1, 0.15) is 6.26 Å². The third-order valence-electron chi connectivity index (χ3n) is 3.49. The van der Waals surface area contributed by atoms with Crippen LogP contribution in [0.1, 0.15) is 22.4 Å². The number of rotatable bonds is 5. The first kappa shape index (κ1) is 15.7. The van der Waals surface area contributed by atoms with E-state index in [2.05, 4.69) is 37.0 Å². The molecule has 23 heavy (non-hydrogen) atoms. The molecular weight excluding hydrogens is 306 g/mol. The Labute approximate surface area is 138 Å². The summed E-state index contributed by atoms with van der Waals surface area (Å²) < 4.78 is 17.9. The molecule has 0 aliphatic rings. The lowest BCUT2D eigenvalue weighted by atomic mass is 10.1. The summed E-state index contributed by atoms with van der Waals surface area (Å²) in [4.78, 5) is 4.44. The number of oxazole rings is 1. The van der Waals surface area contributed by atoms with Gasteiger partial charge in [-0.05, 0) is 31.5 Å². The van der Waals surface area contributed by atoms with Gasteiger partial charge in [0.2, 0.25) is 5.89 Å². The number of hydrogen-bond acceptors (Lipinski definition) is 3. The molecular formula is C19H19NO2S. The van der Waals surface area contributed by atoms with Crippen molar-refractivity contribution in [2.24, 2.45) is 0 Å². The van der Waals surface area contributed by atoms with Crippen LogP contribution in [0.25, 0.3) is 11.5 Å². The van der Waals surface area contributed by atoms with Crippen molar-refractivity contribution in [1.82, 2.24) is 4.98 Å². The molecule has 0 amide bonds. The van der Waals surface area contributed by atoms with Gasteiger partial charge in [0, 0.05) is 22.1 Å². The average Bonchev–Trinajstić information content (AvgIpc) is 2.95. The van der Waals surface area contributed by atoms with Gasteiger partial charge in [0.15, 0.2) is 0 Å². The highest BCUT2D eigenvalue weighted by molar-refractivity contribution is 7.83. The lowest BCUT2D eigenvalue weighted by molar-refractivity contribution is 0.573. The third kappa shape index (κ3) is 4.17. The van der Waals surface area contributed by atoms with Gasteiger partial charge in [-0.25, -0.2) is 4.98 Å². The fourth-order valence-corrected chi connectivity index (χ4v) is 3.74. The largest absolute Gasteiger partial charge is 0.444 e. The smallest absolute Gasteiger partial charge is 0.226 e. The Morgan fingerprint density at radius 3 is 2.39 bits per heavy atom. The molecule has 0 saturated heterocycles. The van der Waals surface area contributed by atoms with E-state index in [1.165, 1.54) is 11.1 Å². The van der Waals surface area contributed by atoms with Crippen LogP contribution in [0.5, 0.6) is 0 Å². The highest BCUT2D eigenvalue weighted by atomic mass is 32.2. The molecule has 4 heteroatoms. The first-order valence-electron chi connectivity index (χ1n) is 7.52. The zero-order valence-electron chi connectivity index (χ0n) is 13.3. The second-order valence-corrected chi connectivity index (χ2v) is 7.19. The average molecular weight is 325 g/mol. The molecule has 0 N–H and O–H groups in total. The second kappa shape index (κ2) is 6.92. The van der Waals surface area contributed by atoms with Crippen molar-refractivity contribution in [3.63, 3.8) is 0 Å². The third-order valence-corrected chi connectivity index (χ3v) is 4.76. The fraction of sp³-hybridized carbons (Fsp3) is 0.211. The Morgan fingerprint density at radius 1 is 1.00 bits per heavy atom. The number of nitrogens with zero attached hydrogens (tertiary/aromatic N) is 1. The van der Waals surface area contributed by atoms with E-state index in [1.54, 1.807) is 6.26 Å². The van der Waals surface area contributed by atoms with Gasteiger partial charge in [0.05, 0.1) is 11.4 Å². The zero-order chi connectivity index (χ0) is 16.2. The Balaban J connectivity index is 1.68. The van der Waals surface area contributed by atoms with Crippen molar-refractivity contribution in [3.05, 3.63) is 77.2 Å². The van der Waals surface area contributed by atoms with Crippen molar-refractivity contribution in [2.45, 2.75) is 25.4 Å². The van der Waals surface area contributed by atoms with E-state index in [0.717, 1.165) is 16.8 Å². The number of benzene rings is 2. The number of aromatic nitrogens is 1.